The number of aromatic nitrogens is 6. The number of carbonyl (C=O) groups is 1. The zero-order valence-corrected chi connectivity index (χ0v) is 19.1. The molecule has 3 heterocycles. The third-order valence-corrected chi connectivity index (χ3v) is 5.71. The summed E-state index contributed by atoms with van der Waals surface area (Å²) in [6.45, 7) is 3.74. The zero-order chi connectivity index (χ0) is 24.3. The lowest BCUT2D eigenvalue weighted by Gasteiger charge is -2.23. The van der Waals surface area contributed by atoms with Crippen LogP contribution in [-0.4, -0.2) is 52.8 Å². The molecule has 4 aromatic rings. The molecule has 4 rings (SSSR count). The van der Waals surface area contributed by atoms with Crippen LogP contribution in [0.25, 0.3) is 16.6 Å². The van der Waals surface area contributed by atoms with Gasteiger partial charge in [-0.1, -0.05) is 0 Å². The summed E-state index contributed by atoms with van der Waals surface area (Å²) < 4.78 is 33.1. The highest BCUT2D eigenvalue weighted by atomic mass is 32.1. The van der Waals surface area contributed by atoms with E-state index < -0.39 is 11.6 Å². The van der Waals surface area contributed by atoms with Crippen LogP contribution in [-0.2, 0) is 6.42 Å². The molecule has 0 unspecified atom stereocenters. The Hall–Kier alpha value is -3.72. The molecule has 0 radical (unpaired) electrons. The van der Waals surface area contributed by atoms with Crippen molar-refractivity contribution in [3.8, 4) is 12.8 Å². The van der Waals surface area contributed by atoms with Crippen LogP contribution in [0.3, 0.4) is 0 Å². The number of anilines is 1. The molecule has 0 aliphatic carbocycles. The third kappa shape index (κ3) is 4.88. The van der Waals surface area contributed by atoms with Crippen molar-refractivity contribution in [2.24, 2.45) is 0 Å². The number of halogens is 2. The van der Waals surface area contributed by atoms with E-state index in [-0.39, 0.29) is 40.3 Å². The molecule has 9 nitrogen and oxygen atoms in total. The van der Waals surface area contributed by atoms with Crippen molar-refractivity contribution in [1.29, 1.82) is 0 Å². The zero-order valence-electron chi connectivity index (χ0n) is 18.3. The second-order valence-corrected chi connectivity index (χ2v) is 8.27. The Labute approximate surface area is 192 Å². The number of rotatable bonds is 6. The summed E-state index contributed by atoms with van der Waals surface area (Å²) in [4.78, 5) is 26.6. The van der Waals surface area contributed by atoms with Crippen molar-refractivity contribution >= 4 is 39.9 Å². The fourth-order valence-electron chi connectivity index (χ4n) is 3.30. The van der Waals surface area contributed by atoms with Crippen LogP contribution in [0.4, 0.5) is 14.7 Å². The number of hydrogen-bond donors (Lipinski definition) is 1. The lowest BCUT2D eigenvalue weighted by atomic mass is 10.1. The van der Waals surface area contributed by atoms with Gasteiger partial charge >= 0.3 is 0 Å². The lowest BCUT2D eigenvalue weighted by molar-refractivity contribution is 0.0725. The van der Waals surface area contributed by atoms with Gasteiger partial charge < -0.3 is 10.6 Å². The highest BCUT2D eigenvalue weighted by Gasteiger charge is 2.21. The number of aryl methyl sites for hydroxylation is 2. The van der Waals surface area contributed by atoms with Gasteiger partial charge in [0.05, 0.1) is 5.39 Å². The van der Waals surface area contributed by atoms with E-state index in [1.807, 2.05) is 6.92 Å². The van der Waals surface area contributed by atoms with Gasteiger partial charge in [0.2, 0.25) is 11.8 Å². The van der Waals surface area contributed by atoms with E-state index in [1.54, 1.807) is 18.9 Å². The predicted octanol–water partition coefficient (Wildman–Crippen LogP) is 3.03. The number of hydrogen-bond acceptors (Lipinski definition) is 8. The number of nitrogens with two attached hydrogens (primary N) is 1. The number of nitrogens with zero attached hydrogens (tertiary/aromatic N) is 7. The lowest BCUT2D eigenvalue weighted by Crippen LogP contribution is -2.35. The van der Waals surface area contributed by atoms with Crippen molar-refractivity contribution in [1.82, 2.24) is 33.8 Å². The van der Waals surface area contributed by atoms with E-state index in [2.05, 4.69) is 37.3 Å². The van der Waals surface area contributed by atoms with Gasteiger partial charge in [-0.15, -0.1) is 17.9 Å². The molecule has 12 heteroatoms. The van der Waals surface area contributed by atoms with Crippen LogP contribution < -0.4 is 5.73 Å². The van der Waals surface area contributed by atoms with Gasteiger partial charge in [0.1, 0.15) is 16.3 Å². The minimum absolute atomic E-state index is 0.0310. The number of amides is 1. The molecular weight excluding hydrogens is 450 g/mol. The first-order valence-electron chi connectivity index (χ1n) is 9.95. The van der Waals surface area contributed by atoms with Crippen LogP contribution in [0.2, 0.25) is 0 Å². The predicted molar refractivity (Wildman–Crippen MR) is 122 cm³/mol. The minimum Gasteiger partial charge on any atom is -0.368 e. The molecule has 0 saturated heterocycles. The van der Waals surface area contributed by atoms with Gasteiger partial charge in [-0.25, -0.2) is 23.7 Å². The molecule has 33 heavy (non-hydrogen) atoms. The molecule has 0 aliphatic rings. The molecule has 1 amide bonds. The maximum Gasteiger partial charge on any atom is 0.292 e. The van der Waals surface area contributed by atoms with Crippen molar-refractivity contribution in [2.45, 2.75) is 39.2 Å². The molecule has 2 N–H and O–H groups in total. The molecule has 0 bridgehead atoms. The summed E-state index contributed by atoms with van der Waals surface area (Å²) in [5, 5.41) is 5.27. The van der Waals surface area contributed by atoms with Gasteiger partial charge in [0.25, 0.3) is 5.91 Å². The number of carbonyl (C=O) groups excluding carboxylic acids is 1. The Morgan fingerprint density at radius 1 is 1.27 bits per heavy atom. The largest absolute Gasteiger partial charge is 0.368 e. The fraction of sp³-hybridized carbons (Fsp3) is 0.333. The Kier molecular flexibility index (Phi) is 7.13. The van der Waals surface area contributed by atoms with Crippen LogP contribution in [0.5, 0.6) is 0 Å². The molecule has 0 saturated carbocycles. The standard InChI is InChI=1S/C19H20F2N8OS.C2H2/c1-9(28(3)18(30)16-23-10(2)31-27-16)5-4-6-14-24-17-12-7-11(20)8-13(21)15(12)25-19(22)29(17)26-14;1-2/h7-9H,4-6H2,1-3H3,(H2,22,25);1-2H/t9-;/m0./s1. The van der Waals surface area contributed by atoms with Crippen molar-refractivity contribution in [3.63, 3.8) is 0 Å². The summed E-state index contributed by atoms with van der Waals surface area (Å²) in [6, 6.07) is 1.86. The summed E-state index contributed by atoms with van der Waals surface area (Å²) in [7, 11) is 1.72. The molecule has 0 fully saturated rings. The number of fused-ring (bicyclic) bond motifs is 3. The SMILES string of the molecule is C#C.Cc1nc(C(=O)N(C)[C@@H](C)CCCc2nc3c4cc(F)cc(F)c4nc(N)n3n2)ns1. The van der Waals surface area contributed by atoms with E-state index in [1.165, 1.54) is 16.0 Å². The van der Waals surface area contributed by atoms with Gasteiger partial charge in [-0.05, 0) is 44.3 Å². The summed E-state index contributed by atoms with van der Waals surface area (Å²) in [5.41, 5.74) is 6.08. The topological polar surface area (TPSA) is 115 Å². The first-order chi connectivity index (χ1) is 15.7. The van der Waals surface area contributed by atoms with Crippen LogP contribution in [0, 0.1) is 31.4 Å². The highest BCUT2D eigenvalue weighted by Crippen LogP contribution is 2.23. The maximum absolute atomic E-state index is 14.1. The Morgan fingerprint density at radius 3 is 2.67 bits per heavy atom. The molecule has 0 spiro atoms. The van der Waals surface area contributed by atoms with E-state index in [0.717, 1.165) is 17.1 Å². The maximum atomic E-state index is 14.1. The van der Waals surface area contributed by atoms with Crippen molar-refractivity contribution in [2.75, 3.05) is 12.8 Å². The summed E-state index contributed by atoms with van der Waals surface area (Å²) in [5.74, 6) is -1.11. The third-order valence-electron chi connectivity index (χ3n) is 5.09. The summed E-state index contributed by atoms with van der Waals surface area (Å²) in [6.07, 6.45) is 9.88. The molecular formula is C21H22F2N8OS. The molecule has 3 aromatic heterocycles. The second kappa shape index (κ2) is 9.83. The van der Waals surface area contributed by atoms with E-state index in [9.17, 15) is 13.6 Å². The van der Waals surface area contributed by atoms with E-state index in [4.69, 9.17) is 5.73 Å². The Morgan fingerprint density at radius 2 is 2.00 bits per heavy atom. The molecule has 1 aromatic carbocycles. The molecule has 1 atom stereocenters. The molecule has 172 valence electrons. The van der Waals surface area contributed by atoms with Crippen molar-refractivity contribution in [3.05, 3.63) is 40.4 Å². The van der Waals surface area contributed by atoms with Crippen LogP contribution in [0.15, 0.2) is 12.1 Å². The fourth-order valence-corrected chi connectivity index (χ4v) is 3.76. The normalized spacial score (nSPS) is 11.8. The second-order valence-electron chi connectivity index (χ2n) is 7.31. The van der Waals surface area contributed by atoms with Crippen LogP contribution in [0.1, 0.15) is 41.2 Å². The number of benzene rings is 1. The van der Waals surface area contributed by atoms with E-state index >= 15 is 0 Å². The average molecular weight is 473 g/mol. The quantitative estimate of drug-likeness (QED) is 0.429. The Bertz CT molecular complexity index is 1330. The minimum atomic E-state index is -0.805. The van der Waals surface area contributed by atoms with Crippen molar-refractivity contribution < 1.29 is 13.6 Å². The van der Waals surface area contributed by atoms with E-state index in [0.29, 0.717) is 25.1 Å². The number of nitrogen functional groups attached to an aromatic ring is 1. The van der Waals surface area contributed by atoms with Gasteiger partial charge in [-0.3, -0.25) is 4.79 Å². The molecule has 0 aliphatic heterocycles. The number of terminal acetylenes is 1. The van der Waals surface area contributed by atoms with Crippen LogP contribution >= 0.6 is 11.5 Å². The first kappa shape index (κ1) is 23.9. The summed E-state index contributed by atoms with van der Waals surface area (Å²) >= 11 is 1.19. The van der Waals surface area contributed by atoms with Gasteiger partial charge in [0, 0.05) is 25.6 Å². The van der Waals surface area contributed by atoms with Gasteiger partial charge in [-0.2, -0.15) is 8.89 Å². The van der Waals surface area contributed by atoms with Gasteiger partial charge in [0.15, 0.2) is 17.3 Å². The average Bonchev–Trinajstić information content (AvgIpc) is 3.42. The highest BCUT2D eigenvalue weighted by molar-refractivity contribution is 7.05. The smallest absolute Gasteiger partial charge is 0.292 e. The first-order valence-corrected chi connectivity index (χ1v) is 10.7. The Balaban J connectivity index is 0.00000149. The monoisotopic (exact) mass is 472 g/mol.